The van der Waals surface area contributed by atoms with Gasteiger partial charge < -0.3 is 4.74 Å². The molecule has 0 bridgehead atoms. The van der Waals surface area contributed by atoms with Crippen molar-refractivity contribution in [3.05, 3.63) is 0 Å². The van der Waals surface area contributed by atoms with E-state index in [2.05, 4.69) is 22.9 Å². The van der Waals surface area contributed by atoms with Crippen molar-refractivity contribution in [1.29, 1.82) is 0 Å². The molecule has 1 nitrogen and oxygen atoms in total. The third-order valence-electron chi connectivity index (χ3n) is 4.08. The van der Waals surface area contributed by atoms with Crippen LogP contribution in [0, 0.1) is 5.92 Å². The largest absolute Gasteiger partial charge is 0.371 e. The molecule has 2 aliphatic rings. The highest BCUT2D eigenvalue weighted by Gasteiger charge is 2.42. The molecule has 1 aliphatic heterocycles. The van der Waals surface area contributed by atoms with Gasteiger partial charge in [-0.1, -0.05) is 35.7 Å². The molecule has 0 aromatic heterocycles. The second-order valence-corrected chi connectivity index (χ2v) is 5.65. The lowest BCUT2D eigenvalue weighted by Crippen LogP contribution is -2.47. The fourth-order valence-electron chi connectivity index (χ4n) is 3.12. The second kappa shape index (κ2) is 4.52. The first kappa shape index (κ1) is 10.9. The van der Waals surface area contributed by atoms with Gasteiger partial charge in [0.05, 0.1) is 11.7 Å². The van der Waals surface area contributed by atoms with Crippen LogP contribution in [-0.4, -0.2) is 17.0 Å². The molecule has 2 heteroatoms. The molecular weight excluding hydrogens is 240 g/mol. The van der Waals surface area contributed by atoms with Crippen molar-refractivity contribution < 1.29 is 4.74 Å². The monoisotopic (exact) mass is 260 g/mol. The molecule has 3 unspecified atom stereocenters. The van der Waals surface area contributed by atoms with Crippen molar-refractivity contribution in [3.63, 3.8) is 0 Å². The number of ether oxygens (including phenoxy) is 1. The molecule has 0 N–H and O–H groups in total. The number of alkyl halides is 1. The van der Waals surface area contributed by atoms with Crippen molar-refractivity contribution >= 4 is 15.9 Å². The normalized spacial score (nSPS) is 44.1. The van der Waals surface area contributed by atoms with Gasteiger partial charge in [0.1, 0.15) is 0 Å². The summed E-state index contributed by atoms with van der Waals surface area (Å²) in [6.45, 7) is 2.38. The van der Waals surface area contributed by atoms with Crippen molar-refractivity contribution in [2.45, 2.75) is 63.6 Å². The minimum atomic E-state index is 0.259. The van der Waals surface area contributed by atoms with Crippen LogP contribution in [0.5, 0.6) is 0 Å². The number of hydrogen-bond acceptors (Lipinski definition) is 1. The van der Waals surface area contributed by atoms with Crippen molar-refractivity contribution in [3.8, 4) is 0 Å². The summed E-state index contributed by atoms with van der Waals surface area (Å²) in [4.78, 5) is 0. The van der Waals surface area contributed by atoms with Crippen molar-refractivity contribution in [1.82, 2.24) is 0 Å². The fourth-order valence-corrected chi connectivity index (χ4v) is 3.57. The zero-order valence-electron chi connectivity index (χ0n) is 9.10. The van der Waals surface area contributed by atoms with Gasteiger partial charge in [-0.05, 0) is 38.0 Å². The summed E-state index contributed by atoms with van der Waals surface area (Å²) in [7, 11) is 0. The first-order valence-corrected chi connectivity index (χ1v) is 7.13. The molecule has 82 valence electrons. The minimum absolute atomic E-state index is 0.259. The van der Waals surface area contributed by atoms with E-state index in [1.165, 1.54) is 44.9 Å². The Kier molecular flexibility index (Phi) is 3.54. The predicted octanol–water partition coefficient (Wildman–Crippen LogP) is 3.90. The highest BCUT2D eigenvalue weighted by atomic mass is 79.9. The molecule has 1 saturated heterocycles. The maximum absolute atomic E-state index is 6.33. The lowest BCUT2D eigenvalue weighted by atomic mass is 9.72. The topological polar surface area (TPSA) is 9.23 Å². The van der Waals surface area contributed by atoms with Crippen LogP contribution < -0.4 is 0 Å². The predicted molar refractivity (Wildman–Crippen MR) is 62.9 cm³/mol. The Morgan fingerprint density at radius 3 is 2.71 bits per heavy atom. The Bertz CT molecular complexity index is 191. The third-order valence-corrected chi connectivity index (χ3v) is 4.81. The lowest BCUT2D eigenvalue weighted by molar-refractivity contribution is -0.162. The van der Waals surface area contributed by atoms with Crippen LogP contribution in [0.25, 0.3) is 0 Å². The van der Waals surface area contributed by atoms with E-state index in [1.807, 2.05) is 0 Å². The summed E-state index contributed by atoms with van der Waals surface area (Å²) in [5, 5.41) is 1.02. The number of rotatable bonds is 1. The van der Waals surface area contributed by atoms with Crippen LogP contribution in [0.15, 0.2) is 0 Å². The standard InChI is InChI=1S/C12H21BrO/c1-10-5-2-3-7-12(10)8-4-6-11(9-13)14-12/h10-11H,2-9H2,1H3. The van der Waals surface area contributed by atoms with Crippen LogP contribution >= 0.6 is 15.9 Å². The SMILES string of the molecule is CC1CCCCC12CCCC(CBr)O2. The van der Waals surface area contributed by atoms with E-state index in [4.69, 9.17) is 4.74 Å². The molecule has 1 spiro atoms. The average Bonchev–Trinajstić information content (AvgIpc) is 2.23. The second-order valence-electron chi connectivity index (χ2n) is 5.00. The average molecular weight is 261 g/mol. The molecule has 14 heavy (non-hydrogen) atoms. The zero-order chi connectivity index (χ0) is 10.0. The van der Waals surface area contributed by atoms with E-state index in [9.17, 15) is 0 Å². The number of halogens is 1. The summed E-state index contributed by atoms with van der Waals surface area (Å²) >= 11 is 3.56. The van der Waals surface area contributed by atoms with Crippen LogP contribution in [-0.2, 0) is 4.74 Å². The highest BCUT2D eigenvalue weighted by molar-refractivity contribution is 9.09. The maximum Gasteiger partial charge on any atom is 0.0712 e. The van der Waals surface area contributed by atoms with E-state index < -0.39 is 0 Å². The first-order valence-electron chi connectivity index (χ1n) is 6.00. The molecular formula is C12H21BrO. The Balaban J connectivity index is 2.04. The van der Waals surface area contributed by atoms with Crippen molar-refractivity contribution in [2.24, 2.45) is 5.92 Å². The zero-order valence-corrected chi connectivity index (χ0v) is 10.7. The van der Waals surface area contributed by atoms with E-state index in [1.54, 1.807) is 0 Å². The third kappa shape index (κ3) is 2.01. The Morgan fingerprint density at radius 2 is 2.00 bits per heavy atom. The Hall–Kier alpha value is 0.440. The van der Waals surface area contributed by atoms with E-state index >= 15 is 0 Å². The smallest absolute Gasteiger partial charge is 0.0712 e. The molecule has 2 fully saturated rings. The lowest BCUT2D eigenvalue weighted by Gasteiger charge is -2.47. The molecule has 0 amide bonds. The summed E-state index contributed by atoms with van der Waals surface area (Å²) in [5.74, 6) is 0.776. The van der Waals surface area contributed by atoms with E-state index in [0.29, 0.717) is 6.10 Å². The van der Waals surface area contributed by atoms with Gasteiger partial charge in [-0.25, -0.2) is 0 Å². The van der Waals surface area contributed by atoms with Gasteiger partial charge in [0.25, 0.3) is 0 Å². The van der Waals surface area contributed by atoms with Gasteiger partial charge in [-0.3, -0.25) is 0 Å². The fraction of sp³-hybridized carbons (Fsp3) is 1.00. The van der Waals surface area contributed by atoms with E-state index in [0.717, 1.165) is 11.2 Å². The molecule has 1 heterocycles. The van der Waals surface area contributed by atoms with Crippen LogP contribution in [0.4, 0.5) is 0 Å². The summed E-state index contributed by atoms with van der Waals surface area (Å²) in [5.41, 5.74) is 0.259. The van der Waals surface area contributed by atoms with Crippen LogP contribution in [0.3, 0.4) is 0 Å². The molecule has 1 aliphatic carbocycles. The first-order chi connectivity index (χ1) is 6.77. The molecule has 1 saturated carbocycles. The van der Waals surface area contributed by atoms with Gasteiger partial charge in [0.15, 0.2) is 0 Å². The summed E-state index contributed by atoms with van der Waals surface area (Å²) in [6, 6.07) is 0. The molecule has 0 aromatic carbocycles. The molecule has 2 rings (SSSR count). The minimum Gasteiger partial charge on any atom is -0.371 e. The quantitative estimate of drug-likeness (QED) is 0.650. The maximum atomic E-state index is 6.33. The Labute approximate surface area is 95.7 Å². The highest BCUT2D eigenvalue weighted by Crippen LogP contribution is 2.44. The van der Waals surface area contributed by atoms with Crippen LogP contribution in [0.2, 0.25) is 0 Å². The number of hydrogen-bond donors (Lipinski definition) is 0. The van der Waals surface area contributed by atoms with Crippen LogP contribution in [0.1, 0.15) is 51.9 Å². The van der Waals surface area contributed by atoms with Gasteiger partial charge in [-0.2, -0.15) is 0 Å². The summed E-state index contributed by atoms with van der Waals surface area (Å²) in [6.07, 6.45) is 9.85. The molecule has 0 aromatic rings. The Morgan fingerprint density at radius 1 is 1.21 bits per heavy atom. The molecule has 0 radical (unpaired) electrons. The van der Waals surface area contributed by atoms with Crippen molar-refractivity contribution in [2.75, 3.05) is 5.33 Å². The van der Waals surface area contributed by atoms with Gasteiger partial charge >= 0.3 is 0 Å². The summed E-state index contributed by atoms with van der Waals surface area (Å²) < 4.78 is 6.33. The van der Waals surface area contributed by atoms with E-state index in [-0.39, 0.29) is 5.60 Å². The van der Waals surface area contributed by atoms with Gasteiger partial charge in [0.2, 0.25) is 0 Å². The van der Waals surface area contributed by atoms with Gasteiger partial charge in [0, 0.05) is 5.33 Å². The van der Waals surface area contributed by atoms with Gasteiger partial charge in [-0.15, -0.1) is 0 Å². The molecule has 3 atom stereocenters.